The van der Waals surface area contributed by atoms with Gasteiger partial charge in [-0.1, -0.05) is 24.3 Å². The van der Waals surface area contributed by atoms with Gasteiger partial charge in [0, 0.05) is 54.8 Å². The summed E-state index contributed by atoms with van der Waals surface area (Å²) in [6.07, 6.45) is 4.04. The molecule has 0 unspecified atom stereocenters. The van der Waals surface area contributed by atoms with Crippen molar-refractivity contribution in [3.63, 3.8) is 0 Å². The lowest BCUT2D eigenvalue weighted by atomic mass is 10.0. The van der Waals surface area contributed by atoms with Crippen molar-refractivity contribution in [3.8, 4) is 22.5 Å². The number of aromatic amines is 2. The summed E-state index contributed by atoms with van der Waals surface area (Å²) in [5.41, 5.74) is 7.33. The second kappa shape index (κ2) is 9.94. The highest BCUT2D eigenvalue weighted by Gasteiger charge is 2.18. The molecule has 4 aromatic heterocycles. The van der Waals surface area contributed by atoms with Crippen LogP contribution in [0.4, 0.5) is 5.82 Å². The van der Waals surface area contributed by atoms with E-state index in [1.165, 1.54) is 0 Å². The second-order valence-corrected chi connectivity index (χ2v) is 9.30. The molecule has 0 amide bonds. The Morgan fingerprint density at radius 3 is 2.62 bits per heavy atom. The second-order valence-electron chi connectivity index (χ2n) is 9.30. The molecule has 186 valence electrons. The lowest BCUT2D eigenvalue weighted by Crippen LogP contribution is -2.36. The number of fused-ring (bicyclic) bond motifs is 1. The van der Waals surface area contributed by atoms with Crippen molar-refractivity contribution in [2.45, 2.75) is 19.8 Å². The fourth-order valence-electron chi connectivity index (χ4n) is 4.72. The number of hydrogen-bond acceptors (Lipinski definition) is 7. The average molecular weight is 494 g/mol. The molecular formula is C28H27N7O2. The molecule has 0 radical (unpaired) electrons. The molecule has 9 heteroatoms. The number of rotatable bonds is 7. The van der Waals surface area contributed by atoms with Gasteiger partial charge in [-0.3, -0.25) is 14.9 Å². The maximum atomic E-state index is 12.7. The predicted molar refractivity (Wildman–Crippen MR) is 141 cm³/mol. The first-order valence-corrected chi connectivity index (χ1v) is 12.4. The van der Waals surface area contributed by atoms with Crippen LogP contribution in [-0.2, 0) is 22.4 Å². The molecular weight excluding hydrogens is 466 g/mol. The number of nitrogens with zero attached hydrogens (tertiary/aromatic N) is 5. The highest BCUT2D eigenvalue weighted by atomic mass is 16.5. The summed E-state index contributed by atoms with van der Waals surface area (Å²) in [6, 6.07) is 16.0. The molecule has 0 atom stereocenters. The van der Waals surface area contributed by atoms with E-state index in [0.717, 1.165) is 69.4 Å². The Morgan fingerprint density at radius 2 is 1.81 bits per heavy atom. The van der Waals surface area contributed by atoms with E-state index in [1.54, 1.807) is 12.5 Å². The third-order valence-electron chi connectivity index (χ3n) is 6.59. The Morgan fingerprint density at radius 1 is 0.973 bits per heavy atom. The molecule has 9 nitrogen and oxygen atoms in total. The summed E-state index contributed by atoms with van der Waals surface area (Å²) < 4.78 is 5.48. The van der Waals surface area contributed by atoms with Gasteiger partial charge in [0.25, 0.3) is 0 Å². The number of benzene rings is 1. The van der Waals surface area contributed by atoms with Crippen molar-refractivity contribution in [1.29, 1.82) is 0 Å². The van der Waals surface area contributed by atoms with Gasteiger partial charge in [-0.2, -0.15) is 5.10 Å². The van der Waals surface area contributed by atoms with Gasteiger partial charge in [-0.05, 0) is 42.3 Å². The molecule has 5 aromatic rings. The Balaban J connectivity index is 1.13. The standard InChI is InChI=1S/C28H27N7O2/c1-18-12-21(6-7-29-18)26-15-22(33-34-26)14-23(36)13-19-2-4-20(5-3-19)25-16-24-27(32-25)30-17-31-28(24)35-8-10-37-11-9-35/h2-7,12,15-17H,8-11,13-14H2,1H3,(H,33,34)(H,30,31,32). The minimum atomic E-state index is 0.130. The van der Waals surface area contributed by atoms with Gasteiger partial charge in [0.05, 0.1) is 24.3 Å². The van der Waals surface area contributed by atoms with E-state index >= 15 is 0 Å². The number of nitrogens with one attached hydrogen (secondary N) is 2. The fraction of sp³-hybridized carbons (Fsp3) is 0.250. The SMILES string of the molecule is Cc1cc(-c2cc(CC(=O)Cc3ccc(-c4cc5c(N6CCOCC6)ncnc5[nH]4)cc3)[nH]n2)ccn1. The summed E-state index contributed by atoms with van der Waals surface area (Å²) in [5, 5.41) is 8.35. The zero-order valence-corrected chi connectivity index (χ0v) is 20.6. The number of ketones is 1. The Kier molecular flexibility index (Phi) is 6.20. The van der Waals surface area contributed by atoms with Crippen LogP contribution in [0.25, 0.3) is 33.5 Å². The fourth-order valence-corrected chi connectivity index (χ4v) is 4.72. The third-order valence-corrected chi connectivity index (χ3v) is 6.59. The van der Waals surface area contributed by atoms with Crippen LogP contribution in [0.2, 0.25) is 0 Å². The Hall–Kier alpha value is -4.37. The molecule has 1 aliphatic rings. The molecule has 1 saturated heterocycles. The van der Waals surface area contributed by atoms with Crippen LogP contribution in [0.15, 0.2) is 61.1 Å². The number of anilines is 1. The van der Waals surface area contributed by atoms with Gasteiger partial charge in [0.1, 0.15) is 23.6 Å². The van der Waals surface area contributed by atoms with Crippen molar-refractivity contribution < 1.29 is 9.53 Å². The summed E-state index contributed by atoms with van der Waals surface area (Å²) in [4.78, 5) is 31.6. The third kappa shape index (κ3) is 4.99. The number of morpholine rings is 1. The molecule has 1 aliphatic heterocycles. The van der Waals surface area contributed by atoms with Crippen LogP contribution in [-0.4, -0.2) is 62.2 Å². The Labute approximate surface area is 213 Å². The maximum absolute atomic E-state index is 12.7. The van der Waals surface area contributed by atoms with E-state index in [-0.39, 0.29) is 5.78 Å². The average Bonchev–Trinajstić information content (AvgIpc) is 3.57. The monoisotopic (exact) mass is 493 g/mol. The molecule has 0 saturated carbocycles. The number of carbonyl (C=O) groups excluding carboxylic acids is 1. The maximum Gasteiger partial charge on any atom is 0.143 e. The van der Waals surface area contributed by atoms with Crippen LogP contribution < -0.4 is 4.90 Å². The molecule has 0 bridgehead atoms. The molecule has 6 rings (SSSR count). The number of pyridine rings is 1. The molecule has 37 heavy (non-hydrogen) atoms. The van der Waals surface area contributed by atoms with Gasteiger partial charge in [-0.15, -0.1) is 0 Å². The number of aromatic nitrogens is 6. The zero-order valence-electron chi connectivity index (χ0n) is 20.6. The number of hydrogen-bond donors (Lipinski definition) is 2. The Bertz CT molecular complexity index is 1550. The molecule has 1 aromatic carbocycles. The first kappa shape index (κ1) is 23.1. The lowest BCUT2D eigenvalue weighted by Gasteiger charge is -2.27. The van der Waals surface area contributed by atoms with E-state index in [4.69, 9.17) is 4.74 Å². The van der Waals surface area contributed by atoms with Gasteiger partial charge < -0.3 is 14.6 Å². The summed E-state index contributed by atoms with van der Waals surface area (Å²) in [6.45, 7) is 4.99. The predicted octanol–water partition coefficient (Wildman–Crippen LogP) is 3.91. The largest absolute Gasteiger partial charge is 0.378 e. The van der Waals surface area contributed by atoms with Crippen molar-refractivity contribution in [3.05, 3.63) is 78.0 Å². The van der Waals surface area contributed by atoms with Crippen LogP contribution in [0.5, 0.6) is 0 Å². The van der Waals surface area contributed by atoms with E-state index in [1.807, 2.05) is 49.4 Å². The topological polar surface area (TPSA) is 113 Å². The zero-order chi connectivity index (χ0) is 25.2. The van der Waals surface area contributed by atoms with Crippen molar-refractivity contribution >= 4 is 22.6 Å². The van der Waals surface area contributed by atoms with Crippen LogP contribution in [0.1, 0.15) is 17.0 Å². The minimum Gasteiger partial charge on any atom is -0.378 e. The van der Waals surface area contributed by atoms with Crippen molar-refractivity contribution in [2.24, 2.45) is 0 Å². The lowest BCUT2D eigenvalue weighted by molar-refractivity contribution is -0.117. The first-order chi connectivity index (χ1) is 18.1. The number of ether oxygens (including phenoxy) is 1. The van der Waals surface area contributed by atoms with Gasteiger partial charge in [-0.25, -0.2) is 9.97 Å². The van der Waals surface area contributed by atoms with Gasteiger partial charge >= 0.3 is 0 Å². The molecule has 0 aliphatic carbocycles. The summed E-state index contributed by atoms with van der Waals surface area (Å²) >= 11 is 0. The highest BCUT2D eigenvalue weighted by molar-refractivity contribution is 5.92. The van der Waals surface area contributed by atoms with Crippen LogP contribution in [0, 0.1) is 6.92 Å². The normalized spacial score (nSPS) is 13.8. The quantitative estimate of drug-likeness (QED) is 0.353. The molecule has 1 fully saturated rings. The number of Topliss-reactive ketones (excluding diaryl/α,β-unsaturated/α-hetero) is 1. The van der Waals surface area contributed by atoms with Gasteiger partial charge in [0.15, 0.2) is 0 Å². The number of aryl methyl sites for hydroxylation is 1. The summed E-state index contributed by atoms with van der Waals surface area (Å²) in [5.74, 6) is 1.06. The number of carbonyl (C=O) groups is 1. The smallest absolute Gasteiger partial charge is 0.143 e. The van der Waals surface area contributed by atoms with E-state index in [0.29, 0.717) is 26.1 Å². The molecule has 2 N–H and O–H groups in total. The van der Waals surface area contributed by atoms with E-state index < -0.39 is 0 Å². The molecule has 0 spiro atoms. The van der Waals surface area contributed by atoms with Crippen molar-refractivity contribution in [1.82, 2.24) is 30.1 Å². The van der Waals surface area contributed by atoms with E-state index in [2.05, 4.69) is 41.1 Å². The van der Waals surface area contributed by atoms with Crippen LogP contribution >= 0.6 is 0 Å². The van der Waals surface area contributed by atoms with Crippen molar-refractivity contribution in [2.75, 3.05) is 31.2 Å². The highest BCUT2D eigenvalue weighted by Crippen LogP contribution is 2.29. The van der Waals surface area contributed by atoms with Crippen LogP contribution in [0.3, 0.4) is 0 Å². The van der Waals surface area contributed by atoms with Gasteiger partial charge in [0.2, 0.25) is 0 Å². The number of H-pyrrole nitrogens is 2. The van der Waals surface area contributed by atoms with E-state index in [9.17, 15) is 4.79 Å². The minimum absolute atomic E-state index is 0.130. The molecule has 5 heterocycles. The summed E-state index contributed by atoms with van der Waals surface area (Å²) in [7, 11) is 0. The first-order valence-electron chi connectivity index (χ1n) is 12.4.